The van der Waals surface area contributed by atoms with Gasteiger partial charge in [0.1, 0.15) is 12.2 Å². The number of hydrogen-bond acceptors (Lipinski definition) is 5. The maximum atomic E-state index is 11.8. The number of hydrogen-bond donors (Lipinski definition) is 1. The summed E-state index contributed by atoms with van der Waals surface area (Å²) in [7, 11) is 0. The van der Waals surface area contributed by atoms with Crippen LogP contribution in [-0.2, 0) is 17.7 Å². The van der Waals surface area contributed by atoms with Gasteiger partial charge in [0.2, 0.25) is 0 Å². The number of aliphatic imine (C=N–C) groups is 1. The molecule has 1 aliphatic heterocycles. The van der Waals surface area contributed by atoms with Crippen LogP contribution in [0, 0.1) is 0 Å². The first kappa shape index (κ1) is 19.0. The Labute approximate surface area is 149 Å². The molecule has 25 heavy (non-hydrogen) atoms. The average molecular weight is 351 g/mol. The van der Waals surface area contributed by atoms with Crippen LogP contribution in [0.15, 0.2) is 11.3 Å². The van der Waals surface area contributed by atoms with Crippen LogP contribution >= 0.6 is 0 Å². The Morgan fingerprint density at radius 3 is 2.60 bits per heavy atom. The van der Waals surface area contributed by atoms with E-state index in [2.05, 4.69) is 34.3 Å². The molecule has 0 radical (unpaired) electrons. The molecular weight excluding hydrogens is 322 g/mol. The van der Waals surface area contributed by atoms with E-state index in [-0.39, 0.29) is 6.09 Å². The van der Waals surface area contributed by atoms with Gasteiger partial charge in [0.05, 0.1) is 13.2 Å². The molecule has 1 aromatic rings. The Hall–Kier alpha value is -2.32. The third kappa shape index (κ3) is 5.33. The zero-order valence-electron chi connectivity index (χ0n) is 15.4. The smallest absolute Gasteiger partial charge is 0.409 e. The molecule has 0 spiro atoms. The number of ether oxygens (including phenoxy) is 1. The maximum Gasteiger partial charge on any atom is 0.409 e. The molecule has 0 unspecified atom stereocenters. The van der Waals surface area contributed by atoms with Gasteiger partial charge in [0.15, 0.2) is 5.96 Å². The molecule has 0 aliphatic carbocycles. The quantitative estimate of drug-likeness (QED) is 0.596. The van der Waals surface area contributed by atoms with Gasteiger partial charge in [-0.25, -0.2) is 4.79 Å². The normalized spacial score (nSPS) is 15.4. The van der Waals surface area contributed by atoms with Crippen molar-refractivity contribution in [2.45, 2.75) is 33.7 Å². The monoisotopic (exact) mass is 351 g/mol. The van der Waals surface area contributed by atoms with Crippen LogP contribution in [0.5, 0.6) is 0 Å². The summed E-state index contributed by atoms with van der Waals surface area (Å²) in [5, 5.41) is 11.4. The van der Waals surface area contributed by atoms with Crippen molar-refractivity contribution in [2.75, 3.05) is 45.9 Å². The molecule has 0 aromatic carbocycles. The second-order valence-corrected chi connectivity index (χ2v) is 5.70. The summed E-state index contributed by atoms with van der Waals surface area (Å²) in [6, 6.07) is 0. The molecule has 1 N–H and O–H groups in total. The Morgan fingerprint density at radius 2 is 1.96 bits per heavy atom. The highest BCUT2D eigenvalue weighted by Gasteiger charge is 2.23. The van der Waals surface area contributed by atoms with Crippen molar-refractivity contribution < 1.29 is 9.53 Å². The first-order valence-corrected chi connectivity index (χ1v) is 9.01. The molecule has 140 valence electrons. The summed E-state index contributed by atoms with van der Waals surface area (Å²) in [5.74, 6) is 1.86. The highest BCUT2D eigenvalue weighted by atomic mass is 16.6. The van der Waals surface area contributed by atoms with Gasteiger partial charge < -0.3 is 24.4 Å². The first-order valence-electron chi connectivity index (χ1n) is 9.01. The predicted molar refractivity (Wildman–Crippen MR) is 95.5 cm³/mol. The molecule has 9 nitrogen and oxygen atoms in total. The first-order chi connectivity index (χ1) is 12.2. The lowest BCUT2D eigenvalue weighted by Gasteiger charge is -2.35. The lowest BCUT2D eigenvalue weighted by molar-refractivity contribution is 0.0914. The minimum absolute atomic E-state index is 0.233. The molecule has 2 rings (SSSR count). The number of aromatic nitrogens is 3. The van der Waals surface area contributed by atoms with Crippen LogP contribution in [0.3, 0.4) is 0 Å². The minimum Gasteiger partial charge on any atom is -0.450 e. The highest BCUT2D eigenvalue weighted by molar-refractivity contribution is 5.80. The summed E-state index contributed by atoms with van der Waals surface area (Å²) < 4.78 is 7.09. The second-order valence-electron chi connectivity index (χ2n) is 5.70. The Morgan fingerprint density at radius 1 is 1.24 bits per heavy atom. The van der Waals surface area contributed by atoms with E-state index < -0.39 is 0 Å². The van der Waals surface area contributed by atoms with E-state index in [0.29, 0.717) is 26.2 Å². The molecule has 1 amide bonds. The second kappa shape index (κ2) is 9.85. The van der Waals surface area contributed by atoms with E-state index in [0.717, 1.165) is 44.4 Å². The van der Waals surface area contributed by atoms with Crippen molar-refractivity contribution in [3.8, 4) is 0 Å². The van der Waals surface area contributed by atoms with Gasteiger partial charge in [0.25, 0.3) is 0 Å². The standard InChI is InChI=1S/C16H29N7O2/c1-4-14-20-19-13-23(14)8-7-18-15(17-5-2)21-9-11-22(12-10-21)16(24)25-6-3/h13H,4-12H2,1-3H3,(H,17,18). The average Bonchev–Trinajstić information content (AvgIpc) is 3.09. The fraction of sp³-hybridized carbons (Fsp3) is 0.750. The highest BCUT2D eigenvalue weighted by Crippen LogP contribution is 2.05. The van der Waals surface area contributed by atoms with Crippen molar-refractivity contribution in [2.24, 2.45) is 4.99 Å². The summed E-state index contributed by atoms with van der Waals surface area (Å²) >= 11 is 0. The van der Waals surface area contributed by atoms with Crippen molar-refractivity contribution in [3.63, 3.8) is 0 Å². The number of guanidine groups is 1. The topological polar surface area (TPSA) is 87.9 Å². The van der Waals surface area contributed by atoms with E-state index in [9.17, 15) is 4.79 Å². The molecule has 0 atom stereocenters. The largest absolute Gasteiger partial charge is 0.450 e. The lowest BCUT2D eigenvalue weighted by atomic mass is 10.3. The Balaban J connectivity index is 1.88. The molecule has 0 saturated carbocycles. The van der Waals surface area contributed by atoms with E-state index >= 15 is 0 Å². The molecular formula is C16H29N7O2. The lowest BCUT2D eigenvalue weighted by Crippen LogP contribution is -2.54. The number of piperazine rings is 1. The number of carbonyl (C=O) groups excluding carboxylic acids is 1. The zero-order valence-corrected chi connectivity index (χ0v) is 15.4. The van der Waals surface area contributed by atoms with Crippen molar-refractivity contribution in [3.05, 3.63) is 12.2 Å². The van der Waals surface area contributed by atoms with Crippen LogP contribution in [0.1, 0.15) is 26.6 Å². The van der Waals surface area contributed by atoms with Crippen molar-refractivity contribution in [1.82, 2.24) is 29.9 Å². The van der Waals surface area contributed by atoms with Crippen LogP contribution in [0.4, 0.5) is 4.79 Å². The third-order valence-corrected chi connectivity index (χ3v) is 4.05. The number of nitrogens with zero attached hydrogens (tertiary/aromatic N) is 6. The summed E-state index contributed by atoms with van der Waals surface area (Å²) in [6.45, 7) is 11.4. The molecule has 9 heteroatoms. The summed E-state index contributed by atoms with van der Waals surface area (Å²) in [6.07, 6.45) is 2.38. The van der Waals surface area contributed by atoms with Gasteiger partial charge in [-0.05, 0) is 13.8 Å². The molecule has 2 heterocycles. The molecule has 1 aliphatic rings. The van der Waals surface area contributed by atoms with Crippen LogP contribution in [0.25, 0.3) is 0 Å². The maximum absolute atomic E-state index is 11.8. The van der Waals surface area contributed by atoms with E-state index in [1.165, 1.54) is 0 Å². The molecule has 0 bridgehead atoms. The van der Waals surface area contributed by atoms with Crippen LogP contribution in [0.2, 0.25) is 0 Å². The van der Waals surface area contributed by atoms with Gasteiger partial charge in [-0.2, -0.15) is 0 Å². The SMILES string of the molecule is CCNC(=NCCn1cnnc1CC)N1CCN(C(=O)OCC)CC1. The van der Waals surface area contributed by atoms with E-state index in [4.69, 9.17) is 9.73 Å². The Kier molecular flexibility index (Phi) is 7.49. The molecule has 1 saturated heterocycles. The van der Waals surface area contributed by atoms with Crippen molar-refractivity contribution in [1.29, 1.82) is 0 Å². The van der Waals surface area contributed by atoms with E-state index in [1.807, 2.05) is 11.5 Å². The van der Waals surface area contributed by atoms with Gasteiger partial charge in [0, 0.05) is 45.7 Å². The Bertz CT molecular complexity index is 565. The van der Waals surface area contributed by atoms with Crippen molar-refractivity contribution >= 4 is 12.1 Å². The zero-order chi connectivity index (χ0) is 18.1. The van der Waals surface area contributed by atoms with Crippen LogP contribution in [-0.4, -0.2) is 82.5 Å². The number of nitrogens with one attached hydrogen (secondary N) is 1. The molecule has 1 aromatic heterocycles. The van der Waals surface area contributed by atoms with Gasteiger partial charge in [-0.1, -0.05) is 6.92 Å². The van der Waals surface area contributed by atoms with Gasteiger partial charge in [-0.3, -0.25) is 4.99 Å². The summed E-state index contributed by atoms with van der Waals surface area (Å²) in [5.41, 5.74) is 0. The number of carbonyl (C=O) groups is 1. The summed E-state index contributed by atoms with van der Waals surface area (Å²) in [4.78, 5) is 20.4. The van der Waals surface area contributed by atoms with Gasteiger partial charge >= 0.3 is 6.09 Å². The number of aryl methyl sites for hydroxylation is 1. The molecule has 1 fully saturated rings. The fourth-order valence-electron chi connectivity index (χ4n) is 2.74. The number of amides is 1. The fourth-order valence-corrected chi connectivity index (χ4v) is 2.74. The minimum atomic E-state index is -0.233. The number of rotatable bonds is 6. The predicted octanol–water partition coefficient (Wildman–Crippen LogP) is 0.580. The van der Waals surface area contributed by atoms with Gasteiger partial charge in [-0.15, -0.1) is 10.2 Å². The van der Waals surface area contributed by atoms with E-state index in [1.54, 1.807) is 11.2 Å². The third-order valence-electron chi connectivity index (χ3n) is 4.05. The van der Waals surface area contributed by atoms with Crippen LogP contribution < -0.4 is 5.32 Å².